The van der Waals surface area contributed by atoms with Crippen molar-refractivity contribution in [1.29, 1.82) is 0 Å². The lowest BCUT2D eigenvalue weighted by molar-refractivity contribution is 0.102. The van der Waals surface area contributed by atoms with Gasteiger partial charge in [0, 0.05) is 6.20 Å². The second-order valence-corrected chi connectivity index (χ2v) is 5.98. The van der Waals surface area contributed by atoms with Crippen molar-refractivity contribution in [3.05, 3.63) is 88.7 Å². The molecule has 0 bridgehead atoms. The molecule has 0 radical (unpaired) electrons. The molecule has 0 aliphatic heterocycles. The van der Waals surface area contributed by atoms with Gasteiger partial charge in [-0.15, -0.1) is 0 Å². The largest absolute Gasteiger partial charge is 0.487 e. The first-order valence-electron chi connectivity index (χ1n) is 7.82. The Morgan fingerprint density at radius 3 is 2.64 bits per heavy atom. The number of aromatic nitrogens is 1. The molecule has 0 aliphatic rings. The Kier molecular flexibility index (Phi) is 5.31. The molecule has 126 valence electrons. The molecular formula is C20H17ClN2O2. The van der Waals surface area contributed by atoms with Gasteiger partial charge in [0.15, 0.2) is 0 Å². The van der Waals surface area contributed by atoms with Crippen molar-refractivity contribution in [2.24, 2.45) is 0 Å². The highest BCUT2D eigenvalue weighted by Gasteiger charge is 2.11. The first-order chi connectivity index (χ1) is 12.1. The van der Waals surface area contributed by atoms with E-state index in [-0.39, 0.29) is 5.91 Å². The first-order valence-corrected chi connectivity index (χ1v) is 8.20. The second kappa shape index (κ2) is 7.81. The van der Waals surface area contributed by atoms with Crippen LogP contribution in [0.2, 0.25) is 5.15 Å². The van der Waals surface area contributed by atoms with Crippen LogP contribution < -0.4 is 10.1 Å². The molecule has 5 heteroatoms. The van der Waals surface area contributed by atoms with Gasteiger partial charge in [-0.05, 0) is 42.3 Å². The second-order valence-electron chi connectivity index (χ2n) is 5.60. The number of aryl methyl sites for hydroxylation is 1. The number of ether oxygens (including phenoxy) is 1. The quantitative estimate of drug-likeness (QED) is 0.666. The topological polar surface area (TPSA) is 51.2 Å². The summed E-state index contributed by atoms with van der Waals surface area (Å²) in [7, 11) is 0. The average Bonchev–Trinajstić information content (AvgIpc) is 2.63. The van der Waals surface area contributed by atoms with Gasteiger partial charge >= 0.3 is 0 Å². The van der Waals surface area contributed by atoms with Crippen LogP contribution in [0.5, 0.6) is 5.75 Å². The van der Waals surface area contributed by atoms with Crippen molar-refractivity contribution in [1.82, 2.24) is 4.98 Å². The van der Waals surface area contributed by atoms with Gasteiger partial charge in [0.05, 0.1) is 11.3 Å². The first kappa shape index (κ1) is 17.0. The smallest absolute Gasteiger partial charge is 0.257 e. The molecule has 4 nitrogen and oxygen atoms in total. The molecule has 25 heavy (non-hydrogen) atoms. The van der Waals surface area contributed by atoms with E-state index in [4.69, 9.17) is 16.3 Å². The number of benzene rings is 2. The van der Waals surface area contributed by atoms with E-state index in [9.17, 15) is 4.79 Å². The molecule has 0 atom stereocenters. The summed E-state index contributed by atoms with van der Waals surface area (Å²) >= 11 is 5.76. The molecule has 2 aromatic carbocycles. The fourth-order valence-corrected chi connectivity index (χ4v) is 2.40. The van der Waals surface area contributed by atoms with E-state index in [1.807, 2.05) is 55.5 Å². The predicted molar refractivity (Wildman–Crippen MR) is 99.2 cm³/mol. The molecule has 3 rings (SSSR count). The van der Waals surface area contributed by atoms with E-state index in [1.54, 1.807) is 12.1 Å². The zero-order valence-corrected chi connectivity index (χ0v) is 14.5. The number of amides is 1. The van der Waals surface area contributed by atoms with E-state index in [1.165, 1.54) is 6.20 Å². The van der Waals surface area contributed by atoms with Gasteiger partial charge in [0.25, 0.3) is 5.91 Å². The maximum absolute atomic E-state index is 12.4. The minimum absolute atomic E-state index is 0.266. The highest BCUT2D eigenvalue weighted by Crippen LogP contribution is 2.27. The molecule has 0 fully saturated rings. The van der Waals surface area contributed by atoms with Crippen LogP contribution in [0, 0.1) is 6.92 Å². The molecule has 1 N–H and O–H groups in total. The number of rotatable bonds is 5. The minimum Gasteiger partial charge on any atom is -0.487 e. The maximum Gasteiger partial charge on any atom is 0.257 e. The molecule has 0 saturated carbocycles. The van der Waals surface area contributed by atoms with Gasteiger partial charge in [-0.1, -0.05) is 48.0 Å². The van der Waals surface area contributed by atoms with Crippen LogP contribution in [-0.4, -0.2) is 10.9 Å². The van der Waals surface area contributed by atoms with Crippen LogP contribution in [0.1, 0.15) is 21.5 Å². The van der Waals surface area contributed by atoms with Crippen LogP contribution in [-0.2, 0) is 6.61 Å². The van der Waals surface area contributed by atoms with Crippen LogP contribution >= 0.6 is 11.6 Å². The van der Waals surface area contributed by atoms with E-state index in [0.29, 0.717) is 28.8 Å². The van der Waals surface area contributed by atoms with E-state index in [0.717, 1.165) is 11.1 Å². The Balaban J connectivity index is 1.76. The molecule has 0 unspecified atom stereocenters. The predicted octanol–water partition coefficient (Wildman–Crippen LogP) is 4.87. The summed E-state index contributed by atoms with van der Waals surface area (Å²) < 4.78 is 5.91. The van der Waals surface area contributed by atoms with Crippen LogP contribution in [0.25, 0.3) is 0 Å². The zero-order chi connectivity index (χ0) is 17.6. The standard InChI is InChI=1S/C20H17ClN2O2/c1-14-7-9-17(23-20(24)16-8-10-19(21)22-12-16)18(11-14)25-13-15-5-3-2-4-6-15/h2-12H,13H2,1H3,(H,23,24). The fraction of sp³-hybridized carbons (Fsp3) is 0.100. The Hall–Kier alpha value is -2.85. The highest BCUT2D eigenvalue weighted by molar-refractivity contribution is 6.29. The van der Waals surface area contributed by atoms with E-state index >= 15 is 0 Å². The van der Waals surface area contributed by atoms with Gasteiger partial charge in [-0.2, -0.15) is 0 Å². The van der Waals surface area contributed by atoms with E-state index < -0.39 is 0 Å². The van der Waals surface area contributed by atoms with Crippen molar-refractivity contribution >= 4 is 23.2 Å². The summed E-state index contributed by atoms with van der Waals surface area (Å²) in [6, 6.07) is 18.7. The van der Waals surface area contributed by atoms with Gasteiger partial charge in [-0.25, -0.2) is 4.98 Å². The fourth-order valence-electron chi connectivity index (χ4n) is 2.29. The summed E-state index contributed by atoms with van der Waals surface area (Å²) in [6.45, 7) is 2.40. The van der Waals surface area contributed by atoms with Crippen molar-refractivity contribution in [2.75, 3.05) is 5.32 Å². The Morgan fingerprint density at radius 2 is 1.92 bits per heavy atom. The summed E-state index contributed by atoms with van der Waals surface area (Å²) in [4.78, 5) is 16.3. The monoisotopic (exact) mass is 352 g/mol. The Morgan fingerprint density at radius 1 is 1.12 bits per heavy atom. The SMILES string of the molecule is Cc1ccc(NC(=O)c2ccc(Cl)nc2)c(OCc2ccccc2)c1. The molecule has 1 amide bonds. The average molecular weight is 353 g/mol. The number of nitrogens with one attached hydrogen (secondary N) is 1. The molecule has 0 aliphatic carbocycles. The van der Waals surface area contributed by atoms with Crippen LogP contribution in [0.4, 0.5) is 5.69 Å². The number of hydrogen-bond donors (Lipinski definition) is 1. The minimum atomic E-state index is -0.266. The summed E-state index contributed by atoms with van der Waals surface area (Å²) in [5.74, 6) is 0.358. The van der Waals surface area contributed by atoms with Gasteiger partial charge in [0.2, 0.25) is 0 Å². The maximum atomic E-state index is 12.4. The van der Waals surface area contributed by atoms with Gasteiger partial charge in [0.1, 0.15) is 17.5 Å². The number of carbonyl (C=O) groups is 1. The molecule has 1 aromatic heterocycles. The summed E-state index contributed by atoms with van der Waals surface area (Å²) in [5, 5.41) is 3.21. The third kappa shape index (κ3) is 4.58. The number of hydrogen-bond acceptors (Lipinski definition) is 3. The van der Waals surface area contributed by atoms with Crippen molar-refractivity contribution in [2.45, 2.75) is 13.5 Å². The van der Waals surface area contributed by atoms with Gasteiger partial charge in [-0.3, -0.25) is 4.79 Å². The molecule has 0 saturated heterocycles. The lowest BCUT2D eigenvalue weighted by atomic mass is 10.2. The van der Waals surface area contributed by atoms with Crippen molar-refractivity contribution in [3.63, 3.8) is 0 Å². The highest BCUT2D eigenvalue weighted by atomic mass is 35.5. The third-order valence-corrected chi connectivity index (χ3v) is 3.84. The third-order valence-electron chi connectivity index (χ3n) is 3.61. The molecule has 3 aromatic rings. The normalized spacial score (nSPS) is 10.3. The lowest BCUT2D eigenvalue weighted by Gasteiger charge is -2.13. The van der Waals surface area contributed by atoms with Crippen molar-refractivity contribution in [3.8, 4) is 5.75 Å². The molecule has 0 spiro atoms. The van der Waals surface area contributed by atoms with E-state index in [2.05, 4.69) is 10.3 Å². The van der Waals surface area contributed by atoms with Crippen LogP contribution in [0.3, 0.4) is 0 Å². The number of nitrogens with zero attached hydrogens (tertiary/aromatic N) is 1. The number of halogens is 1. The van der Waals surface area contributed by atoms with Crippen molar-refractivity contribution < 1.29 is 9.53 Å². The number of pyridine rings is 1. The zero-order valence-electron chi connectivity index (χ0n) is 13.7. The molecule has 1 heterocycles. The Bertz CT molecular complexity index is 865. The summed E-state index contributed by atoms with van der Waals surface area (Å²) in [6.07, 6.45) is 1.44. The number of carbonyl (C=O) groups excluding carboxylic acids is 1. The van der Waals surface area contributed by atoms with Gasteiger partial charge < -0.3 is 10.1 Å². The van der Waals surface area contributed by atoms with Crippen LogP contribution in [0.15, 0.2) is 66.9 Å². The number of anilines is 1. The lowest BCUT2D eigenvalue weighted by Crippen LogP contribution is -2.13. The Labute approximate surface area is 151 Å². The summed E-state index contributed by atoms with van der Waals surface area (Å²) in [5.41, 5.74) is 3.15. The molecular weight excluding hydrogens is 336 g/mol.